The highest BCUT2D eigenvalue weighted by molar-refractivity contribution is 5.85. The molecule has 3 rings (SSSR count). The number of phenolic OH excluding ortho intramolecular Hbond substituents is 1. The van der Waals surface area contributed by atoms with E-state index in [-0.39, 0.29) is 18.8 Å². The number of anilines is 1. The zero-order valence-electron chi connectivity index (χ0n) is 17.1. The predicted molar refractivity (Wildman–Crippen MR) is 110 cm³/mol. The molecule has 170 valence electrons. The van der Waals surface area contributed by atoms with Crippen molar-refractivity contribution < 1.29 is 43.1 Å². The lowest BCUT2D eigenvalue weighted by molar-refractivity contribution is -0.131. The Bertz CT molecular complexity index is 1010. The number of aromatic hydroxyl groups is 1. The number of carboxylic acid groups (broad SMARTS) is 1. The minimum atomic E-state index is -1.09. The fraction of sp³-hybridized carbons (Fsp3) is 0.273. The van der Waals surface area contributed by atoms with Gasteiger partial charge in [0, 0.05) is 24.9 Å². The van der Waals surface area contributed by atoms with Crippen LogP contribution in [0.1, 0.15) is 24.5 Å². The minimum absolute atomic E-state index is 0.0869. The molecular formula is C22H22FNO8. The van der Waals surface area contributed by atoms with Gasteiger partial charge in [-0.15, -0.1) is 0 Å². The topological polar surface area (TPSA) is 124 Å². The van der Waals surface area contributed by atoms with Crippen molar-refractivity contribution in [1.29, 1.82) is 0 Å². The first-order valence-corrected chi connectivity index (χ1v) is 9.65. The number of phenols is 1. The first kappa shape index (κ1) is 22.9. The molecule has 1 heterocycles. The van der Waals surface area contributed by atoms with Crippen LogP contribution in [0.15, 0.2) is 48.6 Å². The molecule has 9 nitrogen and oxygen atoms in total. The number of nitrogens with one attached hydrogen (secondary N) is 1. The first-order chi connectivity index (χ1) is 15.4. The van der Waals surface area contributed by atoms with Gasteiger partial charge in [0.05, 0.1) is 6.10 Å². The molecule has 1 aliphatic heterocycles. The van der Waals surface area contributed by atoms with Crippen molar-refractivity contribution in [3.05, 3.63) is 59.9 Å². The first-order valence-electron chi connectivity index (χ1n) is 9.65. The molecule has 3 N–H and O–H groups in total. The maximum Gasteiger partial charge on any atom is 0.412 e. The summed E-state index contributed by atoms with van der Waals surface area (Å²) in [4.78, 5) is 23.2. The number of hydrogen-bond donors (Lipinski definition) is 3. The minimum Gasteiger partial charge on any atom is -0.505 e. The number of methoxy groups -OCH3 is 1. The number of allylic oxidation sites excluding steroid dienone is 1. The Morgan fingerprint density at radius 3 is 2.72 bits per heavy atom. The monoisotopic (exact) mass is 447 g/mol. The van der Waals surface area contributed by atoms with Gasteiger partial charge in [-0.05, 0) is 42.7 Å². The van der Waals surface area contributed by atoms with Crippen LogP contribution in [0.4, 0.5) is 14.9 Å². The van der Waals surface area contributed by atoms with Gasteiger partial charge in [-0.2, -0.15) is 0 Å². The maximum absolute atomic E-state index is 14.0. The van der Waals surface area contributed by atoms with Crippen molar-refractivity contribution in [2.45, 2.75) is 25.0 Å². The van der Waals surface area contributed by atoms with Crippen LogP contribution in [0.2, 0.25) is 0 Å². The highest BCUT2D eigenvalue weighted by Crippen LogP contribution is 2.35. The average molecular weight is 447 g/mol. The number of benzene rings is 2. The molecule has 0 spiro atoms. The van der Waals surface area contributed by atoms with Crippen molar-refractivity contribution in [1.82, 2.24) is 0 Å². The lowest BCUT2D eigenvalue weighted by Crippen LogP contribution is -2.28. The Labute approximate surface area is 183 Å². The summed E-state index contributed by atoms with van der Waals surface area (Å²) in [5, 5.41) is 20.8. The second-order valence-corrected chi connectivity index (χ2v) is 6.82. The van der Waals surface area contributed by atoms with Crippen LogP contribution in [0, 0.1) is 5.82 Å². The third-order valence-corrected chi connectivity index (χ3v) is 4.67. The van der Waals surface area contributed by atoms with Gasteiger partial charge >= 0.3 is 12.1 Å². The fourth-order valence-corrected chi connectivity index (χ4v) is 3.13. The van der Waals surface area contributed by atoms with Gasteiger partial charge in [-0.1, -0.05) is 12.1 Å². The number of hydrogen-bond acceptors (Lipinski definition) is 7. The number of amides is 1. The molecule has 1 amide bonds. The summed E-state index contributed by atoms with van der Waals surface area (Å²) in [6.45, 7) is 0.0869. The Morgan fingerprint density at radius 2 is 2.00 bits per heavy atom. The van der Waals surface area contributed by atoms with E-state index in [4.69, 9.17) is 24.1 Å². The van der Waals surface area contributed by atoms with Crippen molar-refractivity contribution in [2.75, 3.05) is 19.2 Å². The smallest absolute Gasteiger partial charge is 0.412 e. The number of ether oxygens (including phenoxy) is 4. The summed E-state index contributed by atoms with van der Waals surface area (Å²) < 4.78 is 35.5. The third kappa shape index (κ3) is 5.88. The molecule has 10 heteroatoms. The van der Waals surface area contributed by atoms with E-state index in [0.29, 0.717) is 23.6 Å². The molecule has 0 bridgehead atoms. The van der Waals surface area contributed by atoms with Crippen molar-refractivity contribution in [3.63, 3.8) is 0 Å². The number of rotatable bonds is 9. The number of fused-ring (bicyclic) bond motifs is 1. The molecule has 0 aliphatic carbocycles. The van der Waals surface area contributed by atoms with E-state index in [1.54, 1.807) is 18.2 Å². The van der Waals surface area contributed by atoms with E-state index in [9.17, 15) is 19.1 Å². The summed E-state index contributed by atoms with van der Waals surface area (Å²) in [6, 6.07) is 8.42. The van der Waals surface area contributed by atoms with Gasteiger partial charge in [-0.3, -0.25) is 5.32 Å². The molecular weight excluding hydrogens is 425 g/mol. The van der Waals surface area contributed by atoms with E-state index < -0.39 is 35.8 Å². The Hall–Kier alpha value is -3.79. The summed E-state index contributed by atoms with van der Waals surface area (Å²) in [6.07, 6.45) is 0.442. The SMILES string of the molecule is CO[C@H](CC/C=C/C(=O)O)[C@H](OC(=O)Nc1ccc2c(c1)OCO2)c1ccc(O)c(F)c1. The van der Waals surface area contributed by atoms with Gasteiger partial charge in [0.15, 0.2) is 29.2 Å². The largest absolute Gasteiger partial charge is 0.505 e. The number of carboxylic acids is 1. The normalized spacial score (nSPS) is 14.2. The standard InChI is InChI=1S/C22H22FNO8/c1-29-18(4-2-3-5-20(26)27)21(13-6-8-16(25)15(23)10-13)32-22(28)24-14-7-9-17-19(11-14)31-12-30-17/h3,5-11,18,21,25H,2,4,12H2,1H3,(H,24,28)(H,26,27)/b5-3+/t18-,21-/m1/s1. The van der Waals surface area contributed by atoms with Gasteiger partial charge < -0.3 is 29.2 Å². The second kappa shape index (κ2) is 10.5. The molecule has 0 saturated carbocycles. The molecule has 0 aromatic heterocycles. The summed E-state index contributed by atoms with van der Waals surface area (Å²) in [5.41, 5.74) is 0.656. The van der Waals surface area contributed by atoms with Crippen molar-refractivity contribution in [2.24, 2.45) is 0 Å². The highest BCUT2D eigenvalue weighted by atomic mass is 19.1. The quantitative estimate of drug-likeness (QED) is 0.493. The van der Waals surface area contributed by atoms with Gasteiger partial charge in [0.1, 0.15) is 0 Å². The Balaban J connectivity index is 1.76. The molecule has 0 saturated heterocycles. The molecule has 32 heavy (non-hydrogen) atoms. The molecule has 2 atom stereocenters. The summed E-state index contributed by atoms with van der Waals surface area (Å²) in [5.74, 6) is -1.49. The molecule has 0 fully saturated rings. The van der Waals surface area contributed by atoms with Crippen LogP contribution in [0.25, 0.3) is 0 Å². The van der Waals surface area contributed by atoms with Crippen LogP contribution in [0.3, 0.4) is 0 Å². The van der Waals surface area contributed by atoms with Crippen molar-refractivity contribution in [3.8, 4) is 17.2 Å². The molecule has 2 aromatic carbocycles. The van der Waals surface area contributed by atoms with Crippen LogP contribution in [-0.4, -0.2) is 42.3 Å². The number of aliphatic carboxylic acids is 1. The van der Waals surface area contributed by atoms with Crippen LogP contribution >= 0.6 is 0 Å². The number of carbonyl (C=O) groups is 2. The molecule has 0 radical (unpaired) electrons. The Kier molecular flexibility index (Phi) is 7.50. The zero-order valence-corrected chi connectivity index (χ0v) is 17.1. The summed E-state index contributed by atoms with van der Waals surface area (Å²) >= 11 is 0. The van der Waals surface area contributed by atoms with Crippen LogP contribution < -0.4 is 14.8 Å². The van der Waals surface area contributed by atoms with Gasteiger partial charge in [0.25, 0.3) is 0 Å². The van der Waals surface area contributed by atoms with Crippen LogP contribution in [-0.2, 0) is 14.3 Å². The summed E-state index contributed by atoms with van der Waals surface area (Å²) in [7, 11) is 1.40. The zero-order chi connectivity index (χ0) is 23.1. The van der Waals surface area contributed by atoms with E-state index >= 15 is 0 Å². The van der Waals surface area contributed by atoms with E-state index in [0.717, 1.165) is 18.2 Å². The molecule has 1 aliphatic rings. The highest BCUT2D eigenvalue weighted by Gasteiger charge is 2.28. The lowest BCUT2D eigenvalue weighted by Gasteiger charge is -2.26. The average Bonchev–Trinajstić information content (AvgIpc) is 3.22. The van der Waals surface area contributed by atoms with Gasteiger partial charge in [0.2, 0.25) is 6.79 Å². The molecule has 0 unspecified atom stereocenters. The predicted octanol–water partition coefficient (Wildman–Crippen LogP) is 3.99. The molecule has 2 aromatic rings. The number of carbonyl (C=O) groups excluding carboxylic acids is 1. The third-order valence-electron chi connectivity index (χ3n) is 4.67. The lowest BCUT2D eigenvalue weighted by atomic mass is 10.00. The fourth-order valence-electron chi connectivity index (χ4n) is 3.13. The van der Waals surface area contributed by atoms with Gasteiger partial charge in [-0.25, -0.2) is 14.0 Å². The van der Waals surface area contributed by atoms with E-state index in [1.807, 2.05) is 0 Å². The van der Waals surface area contributed by atoms with E-state index in [1.165, 1.54) is 19.3 Å². The van der Waals surface area contributed by atoms with Crippen molar-refractivity contribution >= 4 is 17.7 Å². The van der Waals surface area contributed by atoms with E-state index in [2.05, 4.69) is 5.32 Å². The maximum atomic E-state index is 14.0. The number of halogens is 1. The van der Waals surface area contributed by atoms with Crippen LogP contribution in [0.5, 0.6) is 17.2 Å². The Morgan fingerprint density at radius 1 is 1.22 bits per heavy atom. The second-order valence-electron chi connectivity index (χ2n) is 6.82.